The monoisotopic (exact) mass is 570 g/mol. The van der Waals surface area contributed by atoms with Gasteiger partial charge in [0.25, 0.3) is 0 Å². The normalized spacial score (nSPS) is 16.5. The van der Waals surface area contributed by atoms with Crippen LogP contribution in [0.2, 0.25) is 0 Å². The molecule has 0 aromatic heterocycles. The van der Waals surface area contributed by atoms with E-state index in [1.54, 1.807) is 24.3 Å². The van der Waals surface area contributed by atoms with Gasteiger partial charge >= 0.3 is 11.9 Å². The van der Waals surface area contributed by atoms with E-state index in [-0.39, 0.29) is 18.5 Å². The van der Waals surface area contributed by atoms with Crippen LogP contribution in [0.1, 0.15) is 111 Å². The van der Waals surface area contributed by atoms with Gasteiger partial charge in [-0.2, -0.15) is 0 Å². The molecule has 3 aromatic carbocycles. The second-order valence-corrected chi connectivity index (χ2v) is 11.4. The standard InChI is InChI=1S/C37H46O5/c1-2-3-4-5-6-7-8-12-27-40-34-23-19-31(20-24-34)30-15-17-33(18-16-30)37(39)42-35-25-21-32(22-26-35)36(38)41-28-29-13-10-9-11-14-29/h9-11,13-14,19-26,30,33H,2-8,12,15-18,27-28H2,1H3/t30-,33-. The van der Waals surface area contributed by atoms with Crippen molar-refractivity contribution in [3.63, 3.8) is 0 Å². The predicted molar refractivity (Wildman–Crippen MR) is 167 cm³/mol. The molecule has 0 spiro atoms. The molecule has 42 heavy (non-hydrogen) atoms. The maximum atomic E-state index is 12.8. The van der Waals surface area contributed by atoms with E-state index in [2.05, 4.69) is 31.2 Å². The van der Waals surface area contributed by atoms with Gasteiger partial charge in [-0.25, -0.2) is 4.79 Å². The molecule has 0 radical (unpaired) electrons. The fourth-order valence-electron chi connectivity index (χ4n) is 5.59. The Bertz CT molecular complexity index is 1200. The van der Waals surface area contributed by atoms with Gasteiger partial charge in [0.1, 0.15) is 18.1 Å². The summed E-state index contributed by atoms with van der Waals surface area (Å²) in [7, 11) is 0. The van der Waals surface area contributed by atoms with Gasteiger partial charge in [-0.3, -0.25) is 4.79 Å². The minimum atomic E-state index is -0.404. The number of rotatable bonds is 16. The third kappa shape index (κ3) is 10.3. The quantitative estimate of drug-likeness (QED) is 0.0975. The summed E-state index contributed by atoms with van der Waals surface area (Å²) in [6.45, 7) is 3.26. The molecular weight excluding hydrogens is 524 g/mol. The zero-order valence-electron chi connectivity index (χ0n) is 25.1. The summed E-state index contributed by atoms with van der Waals surface area (Å²) in [6.07, 6.45) is 13.9. The largest absolute Gasteiger partial charge is 0.494 e. The summed E-state index contributed by atoms with van der Waals surface area (Å²) >= 11 is 0. The van der Waals surface area contributed by atoms with E-state index < -0.39 is 5.97 Å². The molecule has 1 fully saturated rings. The predicted octanol–water partition coefficient (Wildman–Crippen LogP) is 9.44. The van der Waals surface area contributed by atoms with Crippen LogP contribution in [0, 0.1) is 5.92 Å². The van der Waals surface area contributed by atoms with Gasteiger partial charge in [0.05, 0.1) is 18.1 Å². The van der Waals surface area contributed by atoms with Gasteiger partial charge in [0.15, 0.2) is 0 Å². The number of carbonyl (C=O) groups excluding carboxylic acids is 2. The first-order valence-corrected chi connectivity index (χ1v) is 15.9. The van der Waals surface area contributed by atoms with Gasteiger partial charge in [-0.15, -0.1) is 0 Å². The molecule has 0 atom stereocenters. The lowest BCUT2D eigenvalue weighted by atomic mass is 9.79. The highest BCUT2D eigenvalue weighted by Gasteiger charge is 2.28. The van der Waals surface area contributed by atoms with Crippen molar-refractivity contribution in [2.24, 2.45) is 5.92 Å². The molecule has 1 saturated carbocycles. The fraction of sp³-hybridized carbons (Fsp3) is 0.459. The Labute approximate surface area is 251 Å². The van der Waals surface area contributed by atoms with Crippen LogP contribution in [0.15, 0.2) is 78.9 Å². The first-order valence-electron chi connectivity index (χ1n) is 15.9. The van der Waals surface area contributed by atoms with Crippen molar-refractivity contribution in [3.8, 4) is 11.5 Å². The molecule has 3 aromatic rings. The summed E-state index contributed by atoms with van der Waals surface area (Å²) in [4.78, 5) is 25.2. The van der Waals surface area contributed by atoms with Gasteiger partial charge in [-0.1, -0.05) is 94.3 Å². The third-order valence-corrected chi connectivity index (χ3v) is 8.20. The van der Waals surface area contributed by atoms with E-state index in [1.165, 1.54) is 50.5 Å². The molecular formula is C37H46O5. The van der Waals surface area contributed by atoms with Crippen molar-refractivity contribution in [1.82, 2.24) is 0 Å². The second kappa shape index (κ2) is 17.4. The Balaban J connectivity index is 1.12. The summed E-state index contributed by atoms with van der Waals surface area (Å²) in [5.41, 5.74) is 2.67. The zero-order chi connectivity index (χ0) is 29.4. The molecule has 0 aliphatic heterocycles. The van der Waals surface area contributed by atoms with Gasteiger partial charge in [-0.05, 0) is 85.5 Å². The maximum absolute atomic E-state index is 12.8. The number of benzene rings is 3. The van der Waals surface area contributed by atoms with Crippen molar-refractivity contribution in [3.05, 3.63) is 95.6 Å². The smallest absolute Gasteiger partial charge is 0.338 e. The number of hydrogen-bond acceptors (Lipinski definition) is 5. The van der Waals surface area contributed by atoms with E-state index in [0.29, 0.717) is 17.2 Å². The van der Waals surface area contributed by atoms with Crippen LogP contribution in [0.5, 0.6) is 11.5 Å². The van der Waals surface area contributed by atoms with E-state index in [1.807, 2.05) is 30.3 Å². The van der Waals surface area contributed by atoms with Gasteiger partial charge in [0.2, 0.25) is 0 Å². The summed E-state index contributed by atoms with van der Waals surface area (Å²) in [6, 6.07) is 24.7. The summed E-state index contributed by atoms with van der Waals surface area (Å²) in [5.74, 6) is 1.14. The minimum Gasteiger partial charge on any atom is -0.494 e. The Morgan fingerprint density at radius 2 is 1.31 bits per heavy atom. The van der Waals surface area contributed by atoms with Crippen LogP contribution < -0.4 is 9.47 Å². The average Bonchev–Trinajstić information content (AvgIpc) is 3.04. The summed E-state index contributed by atoms with van der Waals surface area (Å²) in [5, 5.41) is 0. The van der Waals surface area contributed by atoms with Crippen LogP contribution in [-0.2, 0) is 16.1 Å². The average molecular weight is 571 g/mol. The molecule has 4 rings (SSSR count). The molecule has 224 valence electrons. The van der Waals surface area contributed by atoms with E-state index >= 15 is 0 Å². The number of unbranched alkanes of at least 4 members (excludes halogenated alkanes) is 7. The number of hydrogen-bond donors (Lipinski definition) is 0. The van der Waals surface area contributed by atoms with Crippen LogP contribution in [0.25, 0.3) is 0 Å². The Kier molecular flexibility index (Phi) is 13.0. The highest BCUT2D eigenvalue weighted by Crippen LogP contribution is 2.37. The molecule has 0 N–H and O–H groups in total. The SMILES string of the molecule is CCCCCCCCCCOc1ccc([C@H]2CC[C@H](C(=O)Oc3ccc(C(=O)OCc4ccccc4)cc3)CC2)cc1. The van der Waals surface area contributed by atoms with Crippen molar-refractivity contribution in [2.45, 2.75) is 96.5 Å². The van der Waals surface area contributed by atoms with Crippen molar-refractivity contribution >= 4 is 11.9 Å². The van der Waals surface area contributed by atoms with E-state index in [0.717, 1.165) is 50.0 Å². The van der Waals surface area contributed by atoms with Crippen LogP contribution in [-0.4, -0.2) is 18.5 Å². The molecule has 5 nitrogen and oxygen atoms in total. The Morgan fingerprint density at radius 3 is 1.98 bits per heavy atom. The second-order valence-electron chi connectivity index (χ2n) is 11.4. The molecule has 0 amide bonds. The molecule has 0 saturated heterocycles. The zero-order valence-corrected chi connectivity index (χ0v) is 25.1. The van der Waals surface area contributed by atoms with Crippen LogP contribution >= 0.6 is 0 Å². The van der Waals surface area contributed by atoms with E-state index in [9.17, 15) is 9.59 Å². The Morgan fingerprint density at radius 1 is 0.690 bits per heavy atom. The van der Waals surface area contributed by atoms with Crippen molar-refractivity contribution in [1.29, 1.82) is 0 Å². The van der Waals surface area contributed by atoms with Gasteiger partial charge < -0.3 is 14.2 Å². The first-order chi connectivity index (χ1) is 20.6. The van der Waals surface area contributed by atoms with Crippen LogP contribution in [0.4, 0.5) is 0 Å². The highest BCUT2D eigenvalue weighted by molar-refractivity contribution is 5.89. The highest BCUT2D eigenvalue weighted by atomic mass is 16.5. The van der Waals surface area contributed by atoms with E-state index in [4.69, 9.17) is 14.2 Å². The number of esters is 2. The molecule has 1 aliphatic carbocycles. The first kappa shape index (κ1) is 31.3. The Hall–Kier alpha value is -3.60. The molecule has 1 aliphatic rings. The molecule has 0 bridgehead atoms. The third-order valence-electron chi connectivity index (χ3n) is 8.20. The molecule has 0 unspecified atom stereocenters. The lowest BCUT2D eigenvalue weighted by molar-refractivity contribution is -0.140. The lowest BCUT2D eigenvalue weighted by Gasteiger charge is -2.27. The minimum absolute atomic E-state index is 0.106. The summed E-state index contributed by atoms with van der Waals surface area (Å²) < 4.78 is 17.0. The number of carbonyl (C=O) groups is 2. The fourth-order valence-corrected chi connectivity index (χ4v) is 5.59. The van der Waals surface area contributed by atoms with Crippen molar-refractivity contribution < 1.29 is 23.8 Å². The topological polar surface area (TPSA) is 61.8 Å². The molecule has 5 heteroatoms. The van der Waals surface area contributed by atoms with Gasteiger partial charge in [0, 0.05) is 0 Å². The maximum Gasteiger partial charge on any atom is 0.338 e. The van der Waals surface area contributed by atoms with Crippen molar-refractivity contribution in [2.75, 3.05) is 6.61 Å². The number of ether oxygens (including phenoxy) is 3. The van der Waals surface area contributed by atoms with Crippen LogP contribution in [0.3, 0.4) is 0 Å². The molecule has 0 heterocycles. The lowest BCUT2D eigenvalue weighted by Crippen LogP contribution is -2.25.